The molecular weight excluding hydrogens is 170 g/mol. The van der Waals surface area contributed by atoms with Gasteiger partial charge in [-0.05, 0) is 18.3 Å². The Kier molecular flexibility index (Phi) is 8.26. The van der Waals surface area contributed by atoms with Gasteiger partial charge in [0.2, 0.25) is 0 Å². The zero-order valence-corrected chi connectivity index (χ0v) is 10.7. The van der Waals surface area contributed by atoms with Gasteiger partial charge in [0.15, 0.2) is 0 Å². The highest BCUT2D eigenvalue weighted by atomic mass is 15.0. The minimum absolute atomic E-state index is 0. The molecule has 0 aromatic rings. The molecule has 1 heteroatoms. The molecule has 2 fully saturated rings. The molecule has 2 aliphatic rings. The van der Waals surface area contributed by atoms with Crippen LogP contribution in [0.15, 0.2) is 0 Å². The summed E-state index contributed by atoms with van der Waals surface area (Å²) in [7, 11) is 0. The van der Waals surface area contributed by atoms with Crippen molar-refractivity contribution < 1.29 is 1.43 Å². The molecule has 0 atom stereocenters. The minimum Gasteiger partial charge on any atom is -0.316 e. The number of hydrogen-bond acceptors (Lipinski definition) is 1. The van der Waals surface area contributed by atoms with Gasteiger partial charge in [0.05, 0.1) is 0 Å². The van der Waals surface area contributed by atoms with Gasteiger partial charge in [-0.1, -0.05) is 53.4 Å². The Morgan fingerprint density at radius 2 is 1.43 bits per heavy atom. The van der Waals surface area contributed by atoms with Crippen LogP contribution in [-0.4, -0.2) is 13.1 Å². The van der Waals surface area contributed by atoms with Gasteiger partial charge in [0, 0.05) is 14.5 Å². The van der Waals surface area contributed by atoms with E-state index >= 15 is 0 Å². The van der Waals surface area contributed by atoms with E-state index in [9.17, 15) is 0 Å². The van der Waals surface area contributed by atoms with E-state index in [-0.39, 0.29) is 1.43 Å². The Balaban J connectivity index is 0. The third-order valence-electron chi connectivity index (χ3n) is 2.91. The van der Waals surface area contributed by atoms with Crippen LogP contribution in [0.2, 0.25) is 0 Å². The van der Waals surface area contributed by atoms with Crippen molar-refractivity contribution in [3.05, 3.63) is 0 Å². The van der Waals surface area contributed by atoms with Crippen LogP contribution >= 0.6 is 0 Å². The Hall–Kier alpha value is -0.0400. The molecule has 1 saturated carbocycles. The van der Waals surface area contributed by atoms with E-state index in [0.29, 0.717) is 0 Å². The molecule has 1 aliphatic heterocycles. The fourth-order valence-electron chi connectivity index (χ4n) is 2.13. The normalized spacial score (nSPS) is 22.3. The molecule has 1 N–H and O–H groups in total. The van der Waals surface area contributed by atoms with Crippen LogP contribution in [0.25, 0.3) is 0 Å². The summed E-state index contributed by atoms with van der Waals surface area (Å²) in [6.07, 6.45) is 8.71. The summed E-state index contributed by atoms with van der Waals surface area (Å²) in [4.78, 5) is 0. The first kappa shape index (κ1) is 14.0. The third kappa shape index (κ3) is 4.45. The molecule has 0 aromatic heterocycles. The second-order valence-electron chi connectivity index (χ2n) is 4.37. The van der Waals surface area contributed by atoms with Crippen molar-refractivity contribution in [3.63, 3.8) is 0 Å². The molecule has 0 aromatic carbocycles. The Labute approximate surface area is 92.2 Å². The highest BCUT2D eigenvalue weighted by Gasteiger charge is 2.37. The van der Waals surface area contributed by atoms with Crippen LogP contribution in [-0.2, 0) is 0 Å². The van der Waals surface area contributed by atoms with Crippen LogP contribution < -0.4 is 5.32 Å². The van der Waals surface area contributed by atoms with Crippen molar-refractivity contribution in [2.75, 3.05) is 13.1 Å². The molecule has 1 heterocycles. The minimum atomic E-state index is 0. The molecule has 1 saturated heterocycles. The summed E-state index contributed by atoms with van der Waals surface area (Å²) < 4.78 is 0. The van der Waals surface area contributed by atoms with Gasteiger partial charge in [0.25, 0.3) is 0 Å². The first-order valence-corrected chi connectivity index (χ1v) is 6.54. The second-order valence-corrected chi connectivity index (χ2v) is 4.37. The smallest absolute Gasteiger partial charge is 0.00202 e. The summed E-state index contributed by atoms with van der Waals surface area (Å²) in [5.74, 6) is 0. The average molecular weight is 201 g/mol. The molecule has 2 rings (SSSR count). The van der Waals surface area contributed by atoms with E-state index < -0.39 is 0 Å². The summed E-state index contributed by atoms with van der Waals surface area (Å²) in [6.45, 7) is 10.9. The van der Waals surface area contributed by atoms with Crippen LogP contribution in [0.3, 0.4) is 0 Å². The molecule has 14 heavy (non-hydrogen) atoms. The van der Waals surface area contributed by atoms with E-state index in [2.05, 4.69) is 19.2 Å². The van der Waals surface area contributed by atoms with E-state index in [1.165, 1.54) is 51.6 Å². The van der Waals surface area contributed by atoms with E-state index in [4.69, 9.17) is 0 Å². The SMILES string of the molecule is C1CCC2(CC1)CNC2.CC.CCC.[HH]. The van der Waals surface area contributed by atoms with Crippen molar-refractivity contribution in [2.24, 2.45) is 5.41 Å². The third-order valence-corrected chi connectivity index (χ3v) is 2.91. The quantitative estimate of drug-likeness (QED) is 0.618. The lowest BCUT2D eigenvalue weighted by Crippen LogP contribution is -2.54. The highest BCUT2D eigenvalue weighted by molar-refractivity contribution is 4.93. The van der Waals surface area contributed by atoms with Crippen molar-refractivity contribution in [1.29, 1.82) is 0 Å². The molecule has 0 amide bonds. The Morgan fingerprint density at radius 3 is 1.64 bits per heavy atom. The molecule has 0 radical (unpaired) electrons. The maximum absolute atomic E-state index is 3.37. The summed E-state index contributed by atoms with van der Waals surface area (Å²) >= 11 is 0. The van der Waals surface area contributed by atoms with Gasteiger partial charge in [-0.3, -0.25) is 0 Å². The fourth-order valence-corrected chi connectivity index (χ4v) is 2.13. The zero-order valence-electron chi connectivity index (χ0n) is 10.7. The van der Waals surface area contributed by atoms with Gasteiger partial charge in [-0.25, -0.2) is 0 Å². The lowest BCUT2D eigenvalue weighted by molar-refractivity contribution is 0.107. The van der Waals surface area contributed by atoms with E-state index in [1.54, 1.807) is 0 Å². The van der Waals surface area contributed by atoms with Gasteiger partial charge in [-0.2, -0.15) is 0 Å². The topological polar surface area (TPSA) is 12.0 Å². The van der Waals surface area contributed by atoms with Crippen molar-refractivity contribution in [2.45, 2.75) is 66.2 Å². The zero-order chi connectivity index (χ0) is 10.9. The predicted octanol–water partition coefficient (Wildman–Crippen LogP) is 4.23. The predicted molar refractivity (Wildman–Crippen MR) is 67.8 cm³/mol. The Morgan fingerprint density at radius 1 is 1.00 bits per heavy atom. The van der Waals surface area contributed by atoms with Crippen LogP contribution in [0.5, 0.6) is 0 Å². The van der Waals surface area contributed by atoms with Crippen molar-refractivity contribution in [3.8, 4) is 0 Å². The molecule has 1 spiro atoms. The monoisotopic (exact) mass is 201 g/mol. The van der Waals surface area contributed by atoms with Crippen LogP contribution in [0.1, 0.15) is 67.6 Å². The Bertz CT molecular complexity index is 114. The molecule has 0 bridgehead atoms. The lowest BCUT2D eigenvalue weighted by Gasteiger charge is -2.45. The molecule has 1 aliphatic carbocycles. The van der Waals surface area contributed by atoms with Crippen molar-refractivity contribution in [1.82, 2.24) is 5.32 Å². The highest BCUT2D eigenvalue weighted by Crippen LogP contribution is 2.38. The molecular formula is C13H31N. The largest absolute Gasteiger partial charge is 0.316 e. The van der Waals surface area contributed by atoms with Crippen LogP contribution in [0, 0.1) is 5.41 Å². The van der Waals surface area contributed by atoms with Gasteiger partial charge < -0.3 is 5.32 Å². The standard InChI is InChI=1S/C8H15N.C3H8.C2H6.H2/c1-2-4-8(5-3-1)6-9-7-8;1-3-2;1-2;/h9H,1-7H2;3H2,1-2H3;1-2H3;1H. The maximum atomic E-state index is 3.37. The summed E-state index contributed by atoms with van der Waals surface area (Å²) in [5.41, 5.74) is 0.790. The van der Waals surface area contributed by atoms with E-state index in [1.807, 2.05) is 13.8 Å². The molecule has 0 unspecified atom stereocenters. The first-order chi connectivity index (χ1) is 6.83. The van der Waals surface area contributed by atoms with E-state index in [0.717, 1.165) is 5.41 Å². The van der Waals surface area contributed by atoms with Crippen LogP contribution in [0.4, 0.5) is 0 Å². The number of hydrogen-bond donors (Lipinski definition) is 1. The fraction of sp³-hybridized carbons (Fsp3) is 1.00. The lowest BCUT2D eigenvalue weighted by atomic mass is 9.70. The van der Waals surface area contributed by atoms with Gasteiger partial charge >= 0.3 is 0 Å². The number of nitrogens with one attached hydrogen (secondary N) is 1. The van der Waals surface area contributed by atoms with Crippen molar-refractivity contribution >= 4 is 0 Å². The second kappa shape index (κ2) is 8.28. The summed E-state index contributed by atoms with van der Waals surface area (Å²) in [5, 5.41) is 3.37. The first-order valence-electron chi connectivity index (χ1n) is 6.54. The van der Waals surface area contributed by atoms with Gasteiger partial charge in [-0.15, -0.1) is 0 Å². The number of rotatable bonds is 0. The molecule has 88 valence electrons. The maximum Gasteiger partial charge on any atom is 0.00202 e. The average Bonchev–Trinajstić information content (AvgIpc) is 2.21. The summed E-state index contributed by atoms with van der Waals surface area (Å²) in [6, 6.07) is 0. The van der Waals surface area contributed by atoms with Gasteiger partial charge in [0.1, 0.15) is 0 Å². The molecule has 1 nitrogen and oxygen atoms in total.